The van der Waals surface area contributed by atoms with Gasteiger partial charge in [0.25, 0.3) is 0 Å². The molecule has 0 saturated carbocycles. The summed E-state index contributed by atoms with van der Waals surface area (Å²) in [6.07, 6.45) is 0.729. The quantitative estimate of drug-likeness (QED) is 0.812. The topological polar surface area (TPSA) is 73.6 Å². The smallest absolute Gasteiger partial charge is 0.387 e. The number of methoxy groups -OCH3 is 1. The minimum Gasteiger partial charge on any atom is -0.497 e. The first-order valence-corrected chi connectivity index (χ1v) is 6.58. The summed E-state index contributed by atoms with van der Waals surface area (Å²) >= 11 is 0. The fraction of sp³-hybridized carbons (Fsp3) is 0.500. The molecular formula is C14H20F2N2O3. The molecule has 3 N–H and O–H groups in total. The first-order chi connectivity index (χ1) is 9.88. The van der Waals surface area contributed by atoms with Gasteiger partial charge in [0.2, 0.25) is 5.91 Å². The van der Waals surface area contributed by atoms with E-state index in [4.69, 9.17) is 10.5 Å². The minimum absolute atomic E-state index is 0.0323. The standard InChI is InChI=1S/C14H20F2N2O3/c1-4-8(2)12(17)13(19)18-10-7-9(20-3)5-6-11(10)21-14(15)16/h5-8,12,14H,4,17H2,1-3H3,(H,18,19)/t8?,12-/m0/s1. The number of hydrogen-bond donors (Lipinski definition) is 2. The summed E-state index contributed by atoms with van der Waals surface area (Å²) in [5.74, 6) is -0.230. The van der Waals surface area contributed by atoms with Crippen molar-refractivity contribution in [3.8, 4) is 11.5 Å². The van der Waals surface area contributed by atoms with Gasteiger partial charge in [-0.05, 0) is 18.1 Å². The van der Waals surface area contributed by atoms with E-state index >= 15 is 0 Å². The number of alkyl halides is 2. The molecule has 7 heteroatoms. The highest BCUT2D eigenvalue weighted by Crippen LogP contribution is 2.30. The van der Waals surface area contributed by atoms with E-state index in [9.17, 15) is 13.6 Å². The van der Waals surface area contributed by atoms with Crippen LogP contribution in [-0.4, -0.2) is 25.7 Å². The lowest BCUT2D eigenvalue weighted by Crippen LogP contribution is -2.40. The van der Waals surface area contributed by atoms with Crippen LogP contribution in [0.5, 0.6) is 11.5 Å². The van der Waals surface area contributed by atoms with E-state index in [1.54, 1.807) is 0 Å². The molecule has 0 radical (unpaired) electrons. The van der Waals surface area contributed by atoms with E-state index < -0.39 is 18.6 Å². The lowest BCUT2D eigenvalue weighted by Gasteiger charge is -2.19. The first kappa shape index (κ1) is 17.2. The summed E-state index contributed by atoms with van der Waals surface area (Å²) in [4.78, 5) is 12.0. The summed E-state index contributed by atoms with van der Waals surface area (Å²) in [6, 6.07) is 3.43. The molecule has 0 aliphatic carbocycles. The van der Waals surface area contributed by atoms with Crippen LogP contribution in [0.4, 0.5) is 14.5 Å². The fourth-order valence-electron chi connectivity index (χ4n) is 1.66. The van der Waals surface area contributed by atoms with Crippen molar-refractivity contribution in [3.05, 3.63) is 18.2 Å². The molecule has 0 aromatic heterocycles. The van der Waals surface area contributed by atoms with Crippen molar-refractivity contribution in [2.75, 3.05) is 12.4 Å². The Balaban J connectivity index is 2.95. The fourth-order valence-corrected chi connectivity index (χ4v) is 1.66. The summed E-state index contributed by atoms with van der Waals surface area (Å²) in [5, 5.41) is 2.50. The number of anilines is 1. The Morgan fingerprint density at radius 1 is 1.43 bits per heavy atom. The third-order valence-corrected chi connectivity index (χ3v) is 3.22. The number of nitrogens with two attached hydrogens (primary N) is 1. The molecular weight excluding hydrogens is 282 g/mol. The van der Waals surface area contributed by atoms with Crippen LogP contribution in [0, 0.1) is 5.92 Å². The lowest BCUT2D eigenvalue weighted by atomic mass is 9.99. The number of ether oxygens (including phenoxy) is 2. The van der Waals surface area contributed by atoms with Gasteiger partial charge in [-0.1, -0.05) is 20.3 Å². The zero-order chi connectivity index (χ0) is 16.0. The van der Waals surface area contributed by atoms with E-state index in [1.807, 2.05) is 13.8 Å². The van der Waals surface area contributed by atoms with E-state index in [-0.39, 0.29) is 17.4 Å². The molecule has 0 aliphatic heterocycles. The first-order valence-electron chi connectivity index (χ1n) is 6.58. The lowest BCUT2D eigenvalue weighted by molar-refractivity contribution is -0.118. The number of nitrogens with one attached hydrogen (secondary N) is 1. The summed E-state index contributed by atoms with van der Waals surface area (Å²) in [7, 11) is 1.43. The molecule has 1 aromatic carbocycles. The van der Waals surface area contributed by atoms with Gasteiger partial charge in [-0.3, -0.25) is 4.79 Å². The van der Waals surface area contributed by atoms with Gasteiger partial charge in [-0.2, -0.15) is 8.78 Å². The molecule has 1 unspecified atom stereocenters. The zero-order valence-corrected chi connectivity index (χ0v) is 12.2. The van der Waals surface area contributed by atoms with Crippen LogP contribution in [0.25, 0.3) is 0 Å². The predicted octanol–water partition coefficient (Wildman–Crippen LogP) is 2.61. The Morgan fingerprint density at radius 2 is 2.10 bits per heavy atom. The number of carbonyl (C=O) groups is 1. The normalized spacial score (nSPS) is 13.7. The van der Waals surface area contributed by atoms with Crippen molar-refractivity contribution >= 4 is 11.6 Å². The second kappa shape index (κ2) is 7.78. The monoisotopic (exact) mass is 302 g/mol. The minimum atomic E-state index is -2.99. The van der Waals surface area contributed by atoms with Gasteiger partial charge in [0.05, 0.1) is 18.8 Å². The average Bonchev–Trinajstić information content (AvgIpc) is 2.46. The number of amides is 1. The maximum absolute atomic E-state index is 12.4. The molecule has 118 valence electrons. The molecule has 0 spiro atoms. The van der Waals surface area contributed by atoms with Crippen LogP contribution in [0.1, 0.15) is 20.3 Å². The molecule has 21 heavy (non-hydrogen) atoms. The third-order valence-electron chi connectivity index (χ3n) is 3.22. The molecule has 0 aliphatic rings. The SMILES string of the molecule is CCC(C)[C@H](N)C(=O)Nc1cc(OC)ccc1OC(F)F. The van der Waals surface area contributed by atoms with Gasteiger partial charge in [0, 0.05) is 6.07 Å². The summed E-state index contributed by atoms with van der Waals surface area (Å²) in [6.45, 7) is 0.762. The Bertz CT molecular complexity index is 483. The number of halogens is 2. The van der Waals surface area contributed by atoms with Crippen molar-refractivity contribution in [2.24, 2.45) is 11.7 Å². The van der Waals surface area contributed by atoms with E-state index in [0.29, 0.717) is 5.75 Å². The second-order valence-corrected chi connectivity index (χ2v) is 4.64. The van der Waals surface area contributed by atoms with E-state index in [2.05, 4.69) is 10.1 Å². The van der Waals surface area contributed by atoms with Crippen LogP contribution in [-0.2, 0) is 4.79 Å². The van der Waals surface area contributed by atoms with Crippen LogP contribution in [0.2, 0.25) is 0 Å². The highest BCUT2D eigenvalue weighted by molar-refractivity contribution is 5.96. The molecule has 1 aromatic rings. The molecule has 0 saturated heterocycles. The van der Waals surface area contributed by atoms with Crippen LogP contribution in [0.15, 0.2) is 18.2 Å². The summed E-state index contributed by atoms with van der Waals surface area (Å²) < 4.78 is 34.1. The second-order valence-electron chi connectivity index (χ2n) is 4.64. The van der Waals surface area contributed by atoms with Crippen molar-refractivity contribution in [1.29, 1.82) is 0 Å². The van der Waals surface area contributed by atoms with E-state index in [0.717, 1.165) is 6.42 Å². The highest BCUT2D eigenvalue weighted by Gasteiger charge is 2.21. The van der Waals surface area contributed by atoms with Crippen LogP contribution in [0.3, 0.4) is 0 Å². The van der Waals surface area contributed by atoms with Crippen molar-refractivity contribution in [3.63, 3.8) is 0 Å². The molecule has 0 fully saturated rings. The van der Waals surface area contributed by atoms with Crippen molar-refractivity contribution in [2.45, 2.75) is 32.9 Å². The van der Waals surface area contributed by atoms with Gasteiger partial charge >= 0.3 is 6.61 Å². The molecule has 1 rings (SSSR count). The van der Waals surface area contributed by atoms with Crippen LogP contribution >= 0.6 is 0 Å². The molecule has 0 bridgehead atoms. The van der Waals surface area contributed by atoms with Gasteiger partial charge in [0.15, 0.2) is 0 Å². The molecule has 2 atom stereocenters. The zero-order valence-electron chi connectivity index (χ0n) is 12.2. The van der Waals surface area contributed by atoms with E-state index in [1.165, 1.54) is 25.3 Å². The van der Waals surface area contributed by atoms with Crippen molar-refractivity contribution < 1.29 is 23.0 Å². The number of hydrogen-bond acceptors (Lipinski definition) is 4. The molecule has 0 heterocycles. The number of benzene rings is 1. The molecule has 1 amide bonds. The number of carbonyl (C=O) groups excluding carboxylic acids is 1. The molecule has 5 nitrogen and oxygen atoms in total. The third kappa shape index (κ3) is 4.86. The maximum Gasteiger partial charge on any atom is 0.387 e. The maximum atomic E-state index is 12.4. The summed E-state index contributed by atoms with van der Waals surface area (Å²) in [5.41, 5.74) is 5.90. The Hall–Kier alpha value is -1.89. The Kier molecular flexibility index (Phi) is 6.36. The van der Waals surface area contributed by atoms with Crippen LogP contribution < -0.4 is 20.5 Å². The van der Waals surface area contributed by atoms with Crippen molar-refractivity contribution in [1.82, 2.24) is 0 Å². The largest absolute Gasteiger partial charge is 0.497 e. The highest BCUT2D eigenvalue weighted by atomic mass is 19.3. The average molecular weight is 302 g/mol. The van der Waals surface area contributed by atoms with Gasteiger partial charge in [0.1, 0.15) is 11.5 Å². The Labute approximate surface area is 122 Å². The predicted molar refractivity (Wildman–Crippen MR) is 75.7 cm³/mol. The Morgan fingerprint density at radius 3 is 2.62 bits per heavy atom. The van der Waals surface area contributed by atoms with Gasteiger partial charge in [-0.25, -0.2) is 0 Å². The van der Waals surface area contributed by atoms with Gasteiger partial charge in [-0.15, -0.1) is 0 Å². The van der Waals surface area contributed by atoms with Gasteiger partial charge < -0.3 is 20.5 Å². The number of rotatable bonds is 7.